The summed E-state index contributed by atoms with van der Waals surface area (Å²) in [6, 6.07) is 16.4. The third-order valence-corrected chi connectivity index (χ3v) is 8.29. The molecule has 0 spiro atoms. The fraction of sp³-hybridized carbons (Fsp3) is 0.345. The zero-order valence-corrected chi connectivity index (χ0v) is 22.0. The van der Waals surface area contributed by atoms with Gasteiger partial charge in [0.05, 0.1) is 17.6 Å². The maximum Gasteiger partial charge on any atom is 0.270 e. The molecule has 6 rings (SSSR count). The van der Waals surface area contributed by atoms with E-state index in [1.54, 1.807) is 10.3 Å². The molecule has 0 atom stereocenters. The Balaban J connectivity index is 0.991. The summed E-state index contributed by atoms with van der Waals surface area (Å²) >= 11 is 1.43. The van der Waals surface area contributed by atoms with Crippen LogP contribution in [-0.2, 0) is 11.3 Å². The van der Waals surface area contributed by atoms with Gasteiger partial charge >= 0.3 is 0 Å². The number of anilines is 2. The number of para-hydroxylation sites is 3. The van der Waals surface area contributed by atoms with Crippen molar-refractivity contribution in [2.45, 2.75) is 51.1 Å². The van der Waals surface area contributed by atoms with Crippen molar-refractivity contribution in [1.29, 1.82) is 0 Å². The Morgan fingerprint density at radius 2 is 1.87 bits per heavy atom. The zero-order valence-electron chi connectivity index (χ0n) is 21.2. The average molecular weight is 528 g/mol. The molecule has 1 radical (unpaired) electrons. The normalized spacial score (nSPS) is 19.7. The predicted octanol–water partition coefficient (Wildman–Crippen LogP) is 5.30. The van der Waals surface area contributed by atoms with Gasteiger partial charge in [0.15, 0.2) is 0 Å². The SMILES string of the molecule is O=C(NCC1CCC(Nc2nc3ccccc3[nH]2)CC1)c1csc(CN2C(=O)CC[CH]c3ccccc32)n1. The molecule has 1 fully saturated rings. The van der Waals surface area contributed by atoms with E-state index in [2.05, 4.69) is 32.0 Å². The van der Waals surface area contributed by atoms with E-state index >= 15 is 0 Å². The van der Waals surface area contributed by atoms with Crippen molar-refractivity contribution in [3.05, 3.63) is 76.6 Å². The van der Waals surface area contributed by atoms with Crippen LogP contribution in [0.1, 0.15) is 59.6 Å². The summed E-state index contributed by atoms with van der Waals surface area (Å²) in [5.74, 6) is 1.21. The largest absolute Gasteiger partial charge is 0.353 e. The summed E-state index contributed by atoms with van der Waals surface area (Å²) in [5, 5.41) is 9.17. The lowest BCUT2D eigenvalue weighted by molar-refractivity contribution is -0.118. The number of hydrogen-bond donors (Lipinski definition) is 3. The molecule has 3 N–H and O–H groups in total. The van der Waals surface area contributed by atoms with Crippen LogP contribution in [0.25, 0.3) is 11.0 Å². The monoisotopic (exact) mass is 527 g/mol. The van der Waals surface area contributed by atoms with Crippen LogP contribution in [0.4, 0.5) is 11.6 Å². The first-order chi connectivity index (χ1) is 18.6. The minimum Gasteiger partial charge on any atom is -0.353 e. The highest BCUT2D eigenvalue weighted by molar-refractivity contribution is 7.09. The maximum atomic E-state index is 12.8. The highest BCUT2D eigenvalue weighted by Crippen LogP contribution is 2.30. The summed E-state index contributed by atoms with van der Waals surface area (Å²) < 4.78 is 0. The predicted molar refractivity (Wildman–Crippen MR) is 150 cm³/mol. The van der Waals surface area contributed by atoms with Crippen LogP contribution in [0.5, 0.6) is 0 Å². The molecule has 2 aromatic carbocycles. The van der Waals surface area contributed by atoms with Gasteiger partial charge in [0, 0.05) is 30.1 Å². The van der Waals surface area contributed by atoms with E-state index in [-0.39, 0.29) is 11.8 Å². The van der Waals surface area contributed by atoms with Gasteiger partial charge in [-0.05, 0) is 68.2 Å². The fourth-order valence-electron chi connectivity index (χ4n) is 5.38. The highest BCUT2D eigenvalue weighted by atomic mass is 32.1. The molecule has 2 aromatic heterocycles. The first kappa shape index (κ1) is 24.6. The zero-order chi connectivity index (χ0) is 25.9. The minimum absolute atomic E-state index is 0.0813. The fourth-order valence-corrected chi connectivity index (χ4v) is 6.14. The number of aromatic amines is 1. The number of carbonyl (C=O) groups excluding carboxylic acids is 2. The van der Waals surface area contributed by atoms with E-state index in [0.717, 1.165) is 65.3 Å². The van der Waals surface area contributed by atoms with E-state index in [0.29, 0.717) is 37.2 Å². The number of nitrogens with zero attached hydrogens (tertiary/aromatic N) is 3. The number of amides is 2. The molecule has 3 heterocycles. The molecule has 9 heteroatoms. The second kappa shape index (κ2) is 10.9. The number of hydrogen-bond acceptors (Lipinski definition) is 6. The van der Waals surface area contributed by atoms with Crippen molar-refractivity contribution >= 4 is 45.8 Å². The van der Waals surface area contributed by atoms with Gasteiger partial charge in [-0.2, -0.15) is 0 Å². The summed E-state index contributed by atoms with van der Waals surface area (Å²) in [6.45, 7) is 1.03. The van der Waals surface area contributed by atoms with Crippen molar-refractivity contribution in [2.24, 2.45) is 5.92 Å². The smallest absolute Gasteiger partial charge is 0.270 e. The summed E-state index contributed by atoms with van der Waals surface area (Å²) in [7, 11) is 0. The molecule has 2 amide bonds. The molecule has 1 saturated carbocycles. The van der Waals surface area contributed by atoms with Gasteiger partial charge in [-0.1, -0.05) is 30.3 Å². The third kappa shape index (κ3) is 5.43. The molecular formula is C29H31N6O2S. The Morgan fingerprint density at radius 1 is 1.05 bits per heavy atom. The lowest BCUT2D eigenvalue weighted by Gasteiger charge is -2.29. The summed E-state index contributed by atoms with van der Waals surface area (Å²) in [5.41, 5.74) is 4.40. The maximum absolute atomic E-state index is 12.8. The molecule has 8 nitrogen and oxygen atoms in total. The molecule has 1 aliphatic heterocycles. The van der Waals surface area contributed by atoms with Crippen molar-refractivity contribution in [3.8, 4) is 0 Å². The first-order valence-electron chi connectivity index (χ1n) is 13.3. The summed E-state index contributed by atoms with van der Waals surface area (Å²) in [6.07, 6.45) is 7.50. The summed E-state index contributed by atoms with van der Waals surface area (Å²) in [4.78, 5) is 39.9. The van der Waals surface area contributed by atoms with E-state index in [1.807, 2.05) is 48.5 Å². The molecule has 4 aromatic rings. The van der Waals surface area contributed by atoms with Gasteiger partial charge in [0.1, 0.15) is 10.7 Å². The number of fused-ring (bicyclic) bond motifs is 2. The van der Waals surface area contributed by atoms with E-state index < -0.39 is 0 Å². The van der Waals surface area contributed by atoms with E-state index in [9.17, 15) is 9.59 Å². The molecule has 0 saturated heterocycles. The second-order valence-corrected chi connectivity index (χ2v) is 11.0. The van der Waals surface area contributed by atoms with Gasteiger partial charge < -0.3 is 20.5 Å². The van der Waals surface area contributed by atoms with Gasteiger partial charge in [0.2, 0.25) is 11.9 Å². The molecule has 195 valence electrons. The van der Waals surface area contributed by atoms with Gasteiger partial charge in [-0.3, -0.25) is 9.59 Å². The second-order valence-electron chi connectivity index (χ2n) is 10.1. The van der Waals surface area contributed by atoms with Crippen LogP contribution >= 0.6 is 11.3 Å². The Kier molecular flexibility index (Phi) is 7.09. The van der Waals surface area contributed by atoms with Gasteiger partial charge in [-0.25, -0.2) is 9.97 Å². The van der Waals surface area contributed by atoms with Crippen molar-refractivity contribution < 1.29 is 9.59 Å². The number of thiazole rings is 1. The Hall–Kier alpha value is -3.72. The van der Waals surface area contributed by atoms with Crippen LogP contribution in [-0.4, -0.2) is 39.4 Å². The molecule has 0 unspecified atom stereocenters. The number of H-pyrrole nitrogens is 1. The number of imidazole rings is 1. The number of nitrogens with one attached hydrogen (secondary N) is 3. The highest BCUT2D eigenvalue weighted by Gasteiger charge is 2.25. The van der Waals surface area contributed by atoms with Crippen LogP contribution in [0, 0.1) is 12.3 Å². The van der Waals surface area contributed by atoms with Crippen LogP contribution in [0.3, 0.4) is 0 Å². The van der Waals surface area contributed by atoms with Gasteiger partial charge in [-0.15, -0.1) is 11.3 Å². The lowest BCUT2D eigenvalue weighted by atomic mass is 9.86. The lowest BCUT2D eigenvalue weighted by Crippen LogP contribution is -2.34. The van der Waals surface area contributed by atoms with Crippen LogP contribution in [0.15, 0.2) is 53.9 Å². The topological polar surface area (TPSA) is 103 Å². The average Bonchev–Trinajstić information content (AvgIpc) is 3.54. The Bertz CT molecular complexity index is 1400. The van der Waals surface area contributed by atoms with Crippen molar-refractivity contribution in [1.82, 2.24) is 20.3 Å². The molecule has 0 bridgehead atoms. The Morgan fingerprint density at radius 3 is 2.74 bits per heavy atom. The first-order valence-corrected chi connectivity index (χ1v) is 14.2. The number of carbonyl (C=O) groups is 2. The minimum atomic E-state index is -0.147. The quantitative estimate of drug-likeness (QED) is 0.303. The Labute approximate surface area is 225 Å². The molecule has 38 heavy (non-hydrogen) atoms. The molecule has 2 aliphatic rings. The van der Waals surface area contributed by atoms with Gasteiger partial charge in [0.25, 0.3) is 5.91 Å². The van der Waals surface area contributed by atoms with Crippen molar-refractivity contribution in [2.75, 3.05) is 16.8 Å². The standard InChI is InChI=1S/C29H31N6O2S/c36-27-11-5-7-20-6-1-4-10-25(20)35(27)17-26-32-24(18-38-26)28(37)30-16-19-12-14-21(15-13-19)31-29-33-22-8-2-3-9-23(22)34-29/h1-4,6-10,18-19,21H,5,11-17H2,(H,30,37)(H2,31,33,34). The molecular weight excluding hydrogens is 496 g/mol. The number of benzene rings is 2. The number of aromatic nitrogens is 3. The van der Waals surface area contributed by atoms with Crippen molar-refractivity contribution in [3.63, 3.8) is 0 Å². The van der Waals surface area contributed by atoms with Crippen LogP contribution in [0.2, 0.25) is 0 Å². The molecule has 1 aliphatic carbocycles. The van der Waals surface area contributed by atoms with Crippen LogP contribution < -0.4 is 15.5 Å². The third-order valence-electron chi connectivity index (χ3n) is 7.46. The number of rotatable bonds is 7. The van der Waals surface area contributed by atoms with E-state index in [4.69, 9.17) is 0 Å². The van der Waals surface area contributed by atoms with E-state index in [1.165, 1.54) is 11.3 Å².